The number of carbonyl (C=O) groups excluding carboxylic acids is 2. The molecule has 0 radical (unpaired) electrons. The fraction of sp³-hybridized carbons (Fsp3) is 0.267. The predicted octanol–water partition coefficient (Wildman–Crippen LogP) is 2.00. The maximum atomic E-state index is 12.3. The summed E-state index contributed by atoms with van der Waals surface area (Å²) in [5.41, 5.74) is 0.389. The summed E-state index contributed by atoms with van der Waals surface area (Å²) in [6.07, 6.45) is 1.71. The number of carbonyl (C=O) groups is 2. The number of thiazole rings is 1. The lowest BCUT2D eigenvalue weighted by molar-refractivity contribution is -0.132. The van der Waals surface area contributed by atoms with E-state index in [2.05, 4.69) is 10.3 Å². The van der Waals surface area contributed by atoms with Crippen LogP contribution < -0.4 is 10.1 Å². The van der Waals surface area contributed by atoms with Crippen molar-refractivity contribution < 1.29 is 14.3 Å². The molecule has 1 N–H and O–H groups in total. The molecular formula is C15H15N3O3S. The van der Waals surface area contributed by atoms with Crippen molar-refractivity contribution in [2.24, 2.45) is 0 Å². The zero-order chi connectivity index (χ0) is 15.5. The number of para-hydroxylation sites is 1. The zero-order valence-electron chi connectivity index (χ0n) is 12.0. The molecule has 3 rings (SSSR count). The Morgan fingerprint density at radius 1 is 1.45 bits per heavy atom. The highest BCUT2D eigenvalue weighted by molar-refractivity contribution is 7.13. The van der Waals surface area contributed by atoms with Crippen LogP contribution >= 0.6 is 11.3 Å². The molecule has 22 heavy (non-hydrogen) atoms. The van der Waals surface area contributed by atoms with Crippen LogP contribution in [0.4, 0.5) is 5.13 Å². The van der Waals surface area contributed by atoms with Crippen LogP contribution in [0.1, 0.15) is 16.8 Å². The Bertz CT molecular complexity index is 687. The van der Waals surface area contributed by atoms with Crippen molar-refractivity contribution in [3.8, 4) is 5.75 Å². The minimum absolute atomic E-state index is 0.0601. The van der Waals surface area contributed by atoms with Crippen LogP contribution in [-0.4, -0.2) is 41.4 Å². The lowest BCUT2D eigenvalue weighted by Gasteiger charge is -2.15. The number of anilines is 1. The Hall–Kier alpha value is -2.41. The van der Waals surface area contributed by atoms with Gasteiger partial charge in [-0.2, -0.15) is 0 Å². The second-order valence-electron chi connectivity index (χ2n) is 4.94. The van der Waals surface area contributed by atoms with Crippen LogP contribution in [0.5, 0.6) is 5.75 Å². The summed E-state index contributed by atoms with van der Waals surface area (Å²) >= 11 is 1.34. The Balaban J connectivity index is 1.78. The number of benzene rings is 1. The van der Waals surface area contributed by atoms with Gasteiger partial charge in [0.05, 0.1) is 5.56 Å². The van der Waals surface area contributed by atoms with E-state index < -0.39 is 6.10 Å². The third-order valence-electron chi connectivity index (χ3n) is 3.43. The van der Waals surface area contributed by atoms with Crippen LogP contribution in [0.15, 0.2) is 35.8 Å². The lowest BCUT2D eigenvalue weighted by atomic mass is 10.2. The highest BCUT2D eigenvalue weighted by atomic mass is 32.1. The van der Waals surface area contributed by atoms with E-state index in [1.807, 2.05) is 0 Å². The van der Waals surface area contributed by atoms with Crippen molar-refractivity contribution in [3.05, 3.63) is 41.4 Å². The van der Waals surface area contributed by atoms with Gasteiger partial charge in [0.1, 0.15) is 5.75 Å². The molecule has 0 aliphatic carbocycles. The average Bonchev–Trinajstić information content (AvgIpc) is 3.13. The van der Waals surface area contributed by atoms with Gasteiger partial charge in [0.15, 0.2) is 11.2 Å². The molecule has 114 valence electrons. The number of nitrogens with zero attached hydrogens (tertiary/aromatic N) is 2. The highest BCUT2D eigenvalue weighted by Crippen LogP contribution is 2.24. The van der Waals surface area contributed by atoms with Crippen LogP contribution in [0.2, 0.25) is 0 Å². The summed E-state index contributed by atoms with van der Waals surface area (Å²) in [5, 5.41) is 5.02. The number of ether oxygens (including phenoxy) is 1. The summed E-state index contributed by atoms with van der Waals surface area (Å²) in [6.45, 7) is 0.664. The molecule has 1 saturated heterocycles. The second kappa shape index (κ2) is 6.15. The molecule has 2 heterocycles. The summed E-state index contributed by atoms with van der Waals surface area (Å²) in [6, 6.07) is 6.90. The van der Waals surface area contributed by atoms with E-state index in [1.54, 1.807) is 47.8 Å². The van der Waals surface area contributed by atoms with Gasteiger partial charge in [0, 0.05) is 31.6 Å². The van der Waals surface area contributed by atoms with Gasteiger partial charge in [0.2, 0.25) is 0 Å². The van der Waals surface area contributed by atoms with Gasteiger partial charge in [-0.05, 0) is 12.1 Å². The van der Waals surface area contributed by atoms with Crippen LogP contribution in [0.3, 0.4) is 0 Å². The Morgan fingerprint density at radius 2 is 2.27 bits per heavy atom. The first-order chi connectivity index (χ1) is 10.6. The molecule has 1 aromatic heterocycles. The number of likely N-dealkylation sites (tertiary alicyclic amines) is 1. The molecule has 2 aromatic rings. The molecule has 1 atom stereocenters. The van der Waals surface area contributed by atoms with E-state index in [0.717, 1.165) is 0 Å². The van der Waals surface area contributed by atoms with E-state index in [0.29, 0.717) is 29.4 Å². The number of amides is 2. The predicted molar refractivity (Wildman–Crippen MR) is 83.2 cm³/mol. The molecule has 0 spiro atoms. The van der Waals surface area contributed by atoms with E-state index in [4.69, 9.17) is 4.74 Å². The first kappa shape index (κ1) is 14.5. The van der Waals surface area contributed by atoms with Crippen molar-refractivity contribution in [1.82, 2.24) is 9.88 Å². The monoisotopic (exact) mass is 317 g/mol. The standard InChI is InChI=1S/C15H15N3O3S/c1-18-8-6-12(14(18)20)21-11-5-3-2-4-10(11)13(19)17-15-16-7-9-22-15/h2-5,7,9,12H,6,8H2,1H3,(H,16,17,19). The van der Waals surface area contributed by atoms with Gasteiger partial charge in [-0.15, -0.1) is 11.3 Å². The summed E-state index contributed by atoms with van der Waals surface area (Å²) in [7, 11) is 1.74. The van der Waals surface area contributed by atoms with E-state index >= 15 is 0 Å². The summed E-state index contributed by atoms with van der Waals surface area (Å²) in [5.74, 6) is 0.0460. The number of likely N-dealkylation sites (N-methyl/N-ethyl adjacent to an activating group) is 1. The molecule has 0 bridgehead atoms. The Labute approximate surface area is 131 Å². The fourth-order valence-corrected chi connectivity index (χ4v) is 2.78. The molecule has 2 amide bonds. The number of nitrogens with one attached hydrogen (secondary N) is 1. The van der Waals surface area contributed by atoms with Crippen molar-refractivity contribution in [3.63, 3.8) is 0 Å². The van der Waals surface area contributed by atoms with Gasteiger partial charge in [-0.25, -0.2) is 4.98 Å². The molecule has 1 unspecified atom stereocenters. The quantitative estimate of drug-likeness (QED) is 0.936. The smallest absolute Gasteiger partial charge is 0.263 e. The van der Waals surface area contributed by atoms with Crippen LogP contribution in [0, 0.1) is 0 Å². The number of hydrogen-bond donors (Lipinski definition) is 1. The highest BCUT2D eigenvalue weighted by Gasteiger charge is 2.31. The van der Waals surface area contributed by atoms with Crippen molar-refractivity contribution >= 4 is 28.3 Å². The molecule has 1 fully saturated rings. The molecule has 7 heteroatoms. The summed E-state index contributed by atoms with van der Waals surface area (Å²) in [4.78, 5) is 29.9. The largest absolute Gasteiger partial charge is 0.480 e. The topological polar surface area (TPSA) is 71.5 Å². The molecule has 1 aromatic carbocycles. The van der Waals surface area contributed by atoms with Crippen LogP contribution in [-0.2, 0) is 4.79 Å². The summed E-state index contributed by atoms with van der Waals surface area (Å²) < 4.78 is 5.76. The van der Waals surface area contributed by atoms with Crippen molar-refractivity contribution in [1.29, 1.82) is 0 Å². The average molecular weight is 317 g/mol. The normalized spacial score (nSPS) is 17.6. The molecule has 0 saturated carbocycles. The second-order valence-corrected chi connectivity index (χ2v) is 5.84. The number of rotatable bonds is 4. The lowest BCUT2D eigenvalue weighted by Crippen LogP contribution is -2.30. The van der Waals surface area contributed by atoms with E-state index in [-0.39, 0.29) is 11.8 Å². The first-order valence-corrected chi connectivity index (χ1v) is 7.74. The van der Waals surface area contributed by atoms with Gasteiger partial charge >= 0.3 is 0 Å². The fourth-order valence-electron chi connectivity index (χ4n) is 2.26. The zero-order valence-corrected chi connectivity index (χ0v) is 12.8. The molecular weight excluding hydrogens is 302 g/mol. The minimum atomic E-state index is -0.529. The number of aromatic nitrogens is 1. The van der Waals surface area contributed by atoms with E-state index in [9.17, 15) is 9.59 Å². The third-order valence-corrected chi connectivity index (χ3v) is 4.12. The Kier molecular flexibility index (Phi) is 4.06. The third kappa shape index (κ3) is 2.94. The van der Waals surface area contributed by atoms with Gasteiger partial charge < -0.3 is 9.64 Å². The Morgan fingerprint density at radius 3 is 2.95 bits per heavy atom. The first-order valence-electron chi connectivity index (χ1n) is 6.86. The van der Waals surface area contributed by atoms with E-state index in [1.165, 1.54) is 11.3 Å². The molecule has 1 aliphatic rings. The SMILES string of the molecule is CN1CCC(Oc2ccccc2C(=O)Nc2nccs2)C1=O. The maximum Gasteiger partial charge on any atom is 0.263 e. The maximum absolute atomic E-state index is 12.3. The van der Waals surface area contributed by atoms with Gasteiger partial charge in [-0.1, -0.05) is 12.1 Å². The minimum Gasteiger partial charge on any atom is -0.480 e. The molecule has 6 nitrogen and oxygen atoms in total. The van der Waals surface area contributed by atoms with Gasteiger partial charge in [0.25, 0.3) is 11.8 Å². The number of hydrogen-bond acceptors (Lipinski definition) is 5. The van der Waals surface area contributed by atoms with Gasteiger partial charge in [-0.3, -0.25) is 14.9 Å². The van der Waals surface area contributed by atoms with Crippen molar-refractivity contribution in [2.45, 2.75) is 12.5 Å². The van der Waals surface area contributed by atoms with Crippen molar-refractivity contribution in [2.75, 3.05) is 18.9 Å². The molecule has 1 aliphatic heterocycles. The van der Waals surface area contributed by atoms with Crippen LogP contribution in [0.25, 0.3) is 0 Å².